The molecule has 168 valence electrons. The summed E-state index contributed by atoms with van der Waals surface area (Å²) >= 11 is 3.46. The summed E-state index contributed by atoms with van der Waals surface area (Å²) < 4.78 is 11.7. The minimum atomic E-state index is 0.134. The minimum Gasteiger partial charge on any atom is -0.507 e. The lowest BCUT2D eigenvalue weighted by Gasteiger charge is -2.36. The fourth-order valence-electron chi connectivity index (χ4n) is 4.08. The van der Waals surface area contributed by atoms with E-state index in [4.69, 9.17) is 14.7 Å². The van der Waals surface area contributed by atoms with Crippen molar-refractivity contribution in [2.45, 2.75) is 6.54 Å². The van der Waals surface area contributed by atoms with Gasteiger partial charge in [0.15, 0.2) is 11.5 Å². The Morgan fingerprint density at radius 2 is 1.81 bits per heavy atom. The molecule has 1 saturated heterocycles. The molecule has 32 heavy (non-hydrogen) atoms. The molecular formula is C23H25BrN4O4. The van der Waals surface area contributed by atoms with Crippen LogP contribution in [0.5, 0.6) is 17.2 Å². The van der Waals surface area contributed by atoms with Crippen LogP contribution in [0.2, 0.25) is 0 Å². The second-order valence-corrected chi connectivity index (χ2v) is 8.48. The molecule has 0 amide bonds. The highest BCUT2D eigenvalue weighted by Crippen LogP contribution is 2.36. The number of benzene rings is 2. The second-order valence-electron chi connectivity index (χ2n) is 7.56. The molecule has 0 spiro atoms. The van der Waals surface area contributed by atoms with Crippen LogP contribution in [0.25, 0.3) is 10.9 Å². The van der Waals surface area contributed by atoms with Crippen molar-refractivity contribution in [1.29, 1.82) is 0 Å². The first kappa shape index (κ1) is 22.2. The maximum Gasteiger partial charge on any atom is 0.162 e. The van der Waals surface area contributed by atoms with Gasteiger partial charge in [0.25, 0.3) is 0 Å². The van der Waals surface area contributed by atoms with Gasteiger partial charge in [0.2, 0.25) is 0 Å². The quantitative estimate of drug-likeness (QED) is 0.301. The fraction of sp³-hybridized carbons (Fsp3) is 0.304. The Labute approximate surface area is 194 Å². The van der Waals surface area contributed by atoms with Crippen molar-refractivity contribution < 1.29 is 19.8 Å². The Kier molecular flexibility index (Phi) is 6.66. The first-order valence-corrected chi connectivity index (χ1v) is 11.0. The summed E-state index contributed by atoms with van der Waals surface area (Å²) in [5.74, 6) is 1.48. The Morgan fingerprint density at radius 3 is 2.50 bits per heavy atom. The molecular weight excluding hydrogens is 476 g/mol. The molecule has 1 aromatic heterocycles. The highest BCUT2D eigenvalue weighted by atomic mass is 79.9. The average Bonchev–Trinajstić information content (AvgIpc) is 2.81. The molecule has 1 aliphatic rings. The van der Waals surface area contributed by atoms with Gasteiger partial charge in [-0.2, -0.15) is 0 Å². The monoisotopic (exact) mass is 500 g/mol. The molecule has 2 aromatic carbocycles. The standard InChI is InChI=1S/C23H25BrN4O4/c1-31-21-11-18-19(12-22(21)32-2)25-4-3-20(18)28-7-5-27(6-8-28)14-16-10-17(24)9-15(13-26-30)23(16)29/h3-4,9-13,29-30H,5-8,14H2,1-2H3. The summed E-state index contributed by atoms with van der Waals surface area (Å²) in [5, 5.41) is 23.4. The van der Waals surface area contributed by atoms with E-state index < -0.39 is 0 Å². The van der Waals surface area contributed by atoms with Crippen molar-refractivity contribution in [2.75, 3.05) is 45.3 Å². The molecule has 4 rings (SSSR count). The normalized spacial score (nSPS) is 14.9. The molecule has 0 atom stereocenters. The maximum atomic E-state index is 10.5. The van der Waals surface area contributed by atoms with E-state index in [1.54, 1.807) is 20.3 Å². The van der Waals surface area contributed by atoms with Crippen molar-refractivity contribution in [1.82, 2.24) is 9.88 Å². The lowest BCUT2D eigenvalue weighted by atomic mass is 10.1. The molecule has 0 saturated carbocycles. The van der Waals surface area contributed by atoms with E-state index in [2.05, 4.69) is 35.9 Å². The topological polar surface area (TPSA) is 90.7 Å². The van der Waals surface area contributed by atoms with Gasteiger partial charge in [0, 0.05) is 71.7 Å². The number of halogens is 1. The molecule has 0 unspecified atom stereocenters. The van der Waals surface area contributed by atoms with Gasteiger partial charge >= 0.3 is 0 Å². The van der Waals surface area contributed by atoms with E-state index in [1.165, 1.54) is 6.21 Å². The van der Waals surface area contributed by atoms with Crippen LogP contribution in [-0.4, -0.2) is 66.8 Å². The van der Waals surface area contributed by atoms with Gasteiger partial charge < -0.3 is 24.7 Å². The van der Waals surface area contributed by atoms with Gasteiger partial charge in [0.1, 0.15) is 5.75 Å². The van der Waals surface area contributed by atoms with Crippen molar-refractivity contribution in [3.05, 3.63) is 52.1 Å². The molecule has 0 bridgehead atoms. The van der Waals surface area contributed by atoms with Crippen LogP contribution in [0.15, 0.2) is 46.2 Å². The van der Waals surface area contributed by atoms with Crippen LogP contribution in [0.1, 0.15) is 11.1 Å². The number of phenols is 1. The van der Waals surface area contributed by atoms with E-state index in [9.17, 15) is 5.11 Å². The van der Waals surface area contributed by atoms with E-state index in [0.29, 0.717) is 23.6 Å². The number of pyridine rings is 1. The number of methoxy groups -OCH3 is 2. The fourth-order valence-corrected chi connectivity index (χ4v) is 4.60. The van der Waals surface area contributed by atoms with Gasteiger partial charge in [-0.15, -0.1) is 0 Å². The molecule has 1 aliphatic heterocycles. The molecule has 9 heteroatoms. The van der Waals surface area contributed by atoms with Gasteiger partial charge in [-0.3, -0.25) is 9.88 Å². The Bertz CT molecular complexity index is 1150. The van der Waals surface area contributed by atoms with Gasteiger partial charge in [-0.1, -0.05) is 21.1 Å². The van der Waals surface area contributed by atoms with Crippen molar-refractivity contribution in [3.8, 4) is 17.2 Å². The van der Waals surface area contributed by atoms with Crippen LogP contribution in [0, 0.1) is 0 Å². The number of aromatic nitrogens is 1. The van der Waals surface area contributed by atoms with E-state index in [1.807, 2.05) is 30.5 Å². The second kappa shape index (κ2) is 9.62. The average molecular weight is 501 g/mol. The third-order valence-electron chi connectivity index (χ3n) is 5.71. The SMILES string of the molecule is COc1cc2nccc(N3CCN(Cc4cc(Br)cc(C=NO)c4O)CC3)c2cc1OC. The molecule has 1 fully saturated rings. The van der Waals surface area contributed by atoms with Gasteiger partial charge in [-0.25, -0.2) is 0 Å². The number of fused-ring (bicyclic) bond motifs is 1. The largest absolute Gasteiger partial charge is 0.507 e. The molecule has 2 heterocycles. The number of piperazine rings is 1. The molecule has 3 aromatic rings. The Balaban J connectivity index is 1.52. The summed E-state index contributed by atoms with van der Waals surface area (Å²) in [6, 6.07) is 9.52. The number of anilines is 1. The van der Waals surface area contributed by atoms with Crippen LogP contribution in [0.3, 0.4) is 0 Å². The van der Waals surface area contributed by atoms with Crippen LogP contribution >= 0.6 is 15.9 Å². The number of rotatable bonds is 6. The number of ether oxygens (including phenoxy) is 2. The third-order valence-corrected chi connectivity index (χ3v) is 6.17. The van der Waals surface area contributed by atoms with Crippen LogP contribution in [-0.2, 0) is 6.54 Å². The maximum absolute atomic E-state index is 10.5. The third kappa shape index (κ3) is 4.44. The van der Waals surface area contributed by atoms with Crippen molar-refractivity contribution in [3.63, 3.8) is 0 Å². The number of phenolic OH excluding ortho intramolecular Hbond substituents is 1. The van der Waals surface area contributed by atoms with Crippen LogP contribution < -0.4 is 14.4 Å². The molecule has 2 N–H and O–H groups in total. The number of nitrogens with zero attached hydrogens (tertiary/aromatic N) is 4. The Hall–Kier alpha value is -3.04. The zero-order valence-corrected chi connectivity index (χ0v) is 19.5. The predicted molar refractivity (Wildman–Crippen MR) is 128 cm³/mol. The molecule has 8 nitrogen and oxygen atoms in total. The van der Waals surface area contributed by atoms with Crippen LogP contribution in [0.4, 0.5) is 5.69 Å². The van der Waals surface area contributed by atoms with Crippen molar-refractivity contribution in [2.24, 2.45) is 5.16 Å². The van der Waals surface area contributed by atoms with E-state index >= 15 is 0 Å². The lowest BCUT2D eigenvalue weighted by molar-refractivity contribution is 0.247. The summed E-state index contributed by atoms with van der Waals surface area (Å²) in [6.07, 6.45) is 3.05. The van der Waals surface area contributed by atoms with Gasteiger partial charge in [-0.05, 0) is 24.3 Å². The van der Waals surface area contributed by atoms with Gasteiger partial charge in [0.05, 0.1) is 26.0 Å². The number of oxime groups is 1. The van der Waals surface area contributed by atoms with Crippen molar-refractivity contribution >= 4 is 38.7 Å². The Morgan fingerprint density at radius 1 is 1.09 bits per heavy atom. The summed E-state index contributed by atoms with van der Waals surface area (Å²) in [5.41, 5.74) is 3.24. The number of hydrogen-bond donors (Lipinski definition) is 2. The van der Waals surface area contributed by atoms with E-state index in [0.717, 1.165) is 52.8 Å². The zero-order valence-electron chi connectivity index (χ0n) is 18.0. The smallest absolute Gasteiger partial charge is 0.162 e. The first-order chi connectivity index (χ1) is 15.5. The summed E-state index contributed by atoms with van der Waals surface area (Å²) in [7, 11) is 3.25. The number of hydrogen-bond acceptors (Lipinski definition) is 8. The predicted octanol–water partition coefficient (Wildman–Crippen LogP) is 3.85. The number of aromatic hydroxyl groups is 1. The summed E-state index contributed by atoms with van der Waals surface area (Å²) in [4.78, 5) is 9.14. The first-order valence-electron chi connectivity index (χ1n) is 10.2. The molecule has 0 radical (unpaired) electrons. The highest BCUT2D eigenvalue weighted by Gasteiger charge is 2.21. The zero-order chi connectivity index (χ0) is 22.7. The highest BCUT2D eigenvalue weighted by molar-refractivity contribution is 9.10. The summed E-state index contributed by atoms with van der Waals surface area (Å²) in [6.45, 7) is 3.97. The lowest BCUT2D eigenvalue weighted by Crippen LogP contribution is -2.46. The molecule has 0 aliphatic carbocycles. The minimum absolute atomic E-state index is 0.134. The van der Waals surface area contributed by atoms with E-state index in [-0.39, 0.29) is 5.75 Å².